The van der Waals surface area contributed by atoms with Gasteiger partial charge in [0.15, 0.2) is 0 Å². The molecule has 1 N–H and O–H groups in total. The summed E-state index contributed by atoms with van der Waals surface area (Å²) in [5.41, 5.74) is 0.953. The number of hydrogen-bond acceptors (Lipinski definition) is 4. The van der Waals surface area contributed by atoms with E-state index in [9.17, 15) is 9.59 Å². The Morgan fingerprint density at radius 1 is 1.35 bits per heavy atom. The number of hydrogen-bond donors (Lipinski definition) is 1. The molecule has 2 aliphatic rings. The van der Waals surface area contributed by atoms with Gasteiger partial charge in [0.05, 0.1) is 25.4 Å². The number of imide groups is 1. The molecule has 0 radical (unpaired) electrons. The minimum atomic E-state index is -0.530. The molecule has 124 valence electrons. The molecule has 1 aromatic carbocycles. The Hall–Kier alpha value is -2.08. The number of nitrogens with one attached hydrogen (secondary N) is 1. The van der Waals surface area contributed by atoms with Crippen LogP contribution < -0.4 is 10.1 Å². The first-order valence-corrected chi connectivity index (χ1v) is 7.91. The molecule has 2 fully saturated rings. The predicted octanol–water partition coefficient (Wildman–Crippen LogP) is 1.72. The number of carbonyl (C=O) groups excluding carboxylic acids is 2. The third kappa shape index (κ3) is 3.03. The van der Waals surface area contributed by atoms with E-state index in [1.807, 2.05) is 38.1 Å². The molecule has 2 aliphatic heterocycles. The first kappa shape index (κ1) is 15.8. The zero-order valence-corrected chi connectivity index (χ0v) is 13.6. The maximum Gasteiger partial charge on any atom is 0.325 e. The summed E-state index contributed by atoms with van der Waals surface area (Å²) < 4.78 is 10.9. The lowest BCUT2D eigenvalue weighted by Crippen LogP contribution is -2.44. The third-order valence-electron chi connectivity index (χ3n) is 4.52. The number of nitrogens with zero attached hydrogens (tertiary/aromatic N) is 1. The standard InChI is InChI=1S/C17H22N2O4/c1-10-7-15(11(2)23-10)19-16(20)14(18-17(19)21)9-12-5-4-6-13(8-12)22-3/h4-6,8,10-11,14-15H,7,9H2,1-3H3,(H,18,21). The lowest BCUT2D eigenvalue weighted by Gasteiger charge is -2.23. The van der Waals surface area contributed by atoms with Crippen LogP contribution in [0.5, 0.6) is 5.75 Å². The Balaban J connectivity index is 1.73. The molecule has 3 amide bonds. The highest BCUT2D eigenvalue weighted by molar-refractivity contribution is 6.04. The van der Waals surface area contributed by atoms with Gasteiger partial charge in [-0.25, -0.2) is 4.79 Å². The van der Waals surface area contributed by atoms with E-state index in [2.05, 4.69) is 5.32 Å². The minimum absolute atomic E-state index is 0.0630. The highest BCUT2D eigenvalue weighted by atomic mass is 16.5. The van der Waals surface area contributed by atoms with Gasteiger partial charge in [-0.05, 0) is 38.0 Å². The summed E-state index contributed by atoms with van der Waals surface area (Å²) in [6, 6.07) is 6.49. The van der Waals surface area contributed by atoms with Crippen molar-refractivity contribution in [3.63, 3.8) is 0 Å². The van der Waals surface area contributed by atoms with Crippen LogP contribution in [-0.2, 0) is 16.0 Å². The summed E-state index contributed by atoms with van der Waals surface area (Å²) >= 11 is 0. The molecule has 23 heavy (non-hydrogen) atoms. The van der Waals surface area contributed by atoms with Crippen LogP contribution in [0.3, 0.4) is 0 Å². The number of urea groups is 1. The van der Waals surface area contributed by atoms with Gasteiger partial charge in [-0.2, -0.15) is 0 Å². The van der Waals surface area contributed by atoms with E-state index in [1.165, 1.54) is 4.90 Å². The van der Waals surface area contributed by atoms with Crippen LogP contribution in [0.15, 0.2) is 24.3 Å². The van der Waals surface area contributed by atoms with Crippen LogP contribution in [-0.4, -0.2) is 48.2 Å². The summed E-state index contributed by atoms with van der Waals surface area (Å²) in [5, 5.41) is 2.79. The highest BCUT2D eigenvalue weighted by Gasteiger charge is 2.46. The Labute approximate surface area is 135 Å². The molecule has 2 saturated heterocycles. The van der Waals surface area contributed by atoms with Crippen LogP contribution in [0.1, 0.15) is 25.8 Å². The Morgan fingerprint density at radius 3 is 2.78 bits per heavy atom. The molecule has 2 heterocycles. The van der Waals surface area contributed by atoms with E-state index >= 15 is 0 Å². The van der Waals surface area contributed by atoms with Gasteiger partial charge in [0, 0.05) is 6.42 Å². The van der Waals surface area contributed by atoms with Gasteiger partial charge in [-0.15, -0.1) is 0 Å². The molecule has 0 aliphatic carbocycles. The molecular weight excluding hydrogens is 296 g/mol. The first-order valence-electron chi connectivity index (χ1n) is 7.91. The molecule has 0 spiro atoms. The molecule has 4 atom stereocenters. The van der Waals surface area contributed by atoms with Gasteiger partial charge in [0.2, 0.25) is 0 Å². The molecule has 0 aromatic heterocycles. The topological polar surface area (TPSA) is 67.9 Å². The number of methoxy groups -OCH3 is 1. The molecule has 4 unspecified atom stereocenters. The highest BCUT2D eigenvalue weighted by Crippen LogP contribution is 2.28. The lowest BCUT2D eigenvalue weighted by atomic mass is 10.0. The van der Waals surface area contributed by atoms with Crippen LogP contribution in [0, 0.1) is 0 Å². The smallest absolute Gasteiger partial charge is 0.325 e. The summed E-state index contributed by atoms with van der Waals surface area (Å²) in [7, 11) is 1.60. The second-order valence-corrected chi connectivity index (χ2v) is 6.22. The number of benzene rings is 1. The van der Waals surface area contributed by atoms with Crippen LogP contribution in [0.4, 0.5) is 4.79 Å². The van der Waals surface area contributed by atoms with Crippen molar-refractivity contribution in [2.24, 2.45) is 0 Å². The fourth-order valence-corrected chi connectivity index (χ4v) is 3.40. The number of amides is 3. The van der Waals surface area contributed by atoms with Crippen molar-refractivity contribution < 1.29 is 19.1 Å². The van der Waals surface area contributed by atoms with E-state index in [4.69, 9.17) is 9.47 Å². The Kier molecular flexibility index (Phi) is 4.26. The number of carbonyl (C=O) groups is 2. The molecule has 6 heteroatoms. The quantitative estimate of drug-likeness (QED) is 0.859. The fourth-order valence-electron chi connectivity index (χ4n) is 3.40. The van der Waals surface area contributed by atoms with Gasteiger partial charge in [-0.3, -0.25) is 9.69 Å². The average molecular weight is 318 g/mol. The predicted molar refractivity (Wildman–Crippen MR) is 84.3 cm³/mol. The Bertz CT molecular complexity index is 618. The molecule has 0 saturated carbocycles. The first-order chi connectivity index (χ1) is 11.0. The largest absolute Gasteiger partial charge is 0.497 e. The summed E-state index contributed by atoms with van der Waals surface area (Å²) in [4.78, 5) is 26.3. The zero-order valence-electron chi connectivity index (χ0n) is 13.6. The third-order valence-corrected chi connectivity index (χ3v) is 4.52. The second-order valence-electron chi connectivity index (χ2n) is 6.22. The number of rotatable bonds is 4. The zero-order chi connectivity index (χ0) is 16.6. The maximum atomic E-state index is 12.7. The molecular formula is C17H22N2O4. The van der Waals surface area contributed by atoms with E-state index in [0.29, 0.717) is 12.8 Å². The van der Waals surface area contributed by atoms with Crippen molar-refractivity contribution in [1.29, 1.82) is 0 Å². The van der Waals surface area contributed by atoms with Crippen LogP contribution >= 0.6 is 0 Å². The van der Waals surface area contributed by atoms with Gasteiger partial charge in [-0.1, -0.05) is 12.1 Å². The average Bonchev–Trinajstić information content (AvgIpc) is 2.98. The molecule has 3 rings (SSSR count). The molecule has 0 bridgehead atoms. The van der Waals surface area contributed by atoms with Crippen molar-refractivity contribution in [2.75, 3.05) is 7.11 Å². The normalized spacial score (nSPS) is 30.7. The fraction of sp³-hybridized carbons (Fsp3) is 0.529. The van der Waals surface area contributed by atoms with Gasteiger partial charge >= 0.3 is 6.03 Å². The Morgan fingerprint density at radius 2 is 2.13 bits per heavy atom. The molecule has 1 aromatic rings. The van der Waals surface area contributed by atoms with E-state index in [0.717, 1.165) is 11.3 Å². The maximum absolute atomic E-state index is 12.7. The van der Waals surface area contributed by atoms with E-state index in [-0.39, 0.29) is 30.2 Å². The van der Waals surface area contributed by atoms with Gasteiger partial charge < -0.3 is 14.8 Å². The van der Waals surface area contributed by atoms with Crippen molar-refractivity contribution in [3.05, 3.63) is 29.8 Å². The van der Waals surface area contributed by atoms with Crippen molar-refractivity contribution in [3.8, 4) is 5.75 Å². The summed E-state index contributed by atoms with van der Waals surface area (Å²) in [5.74, 6) is 0.565. The number of ether oxygens (including phenoxy) is 2. The van der Waals surface area contributed by atoms with Crippen LogP contribution in [0.2, 0.25) is 0 Å². The van der Waals surface area contributed by atoms with Crippen LogP contribution in [0.25, 0.3) is 0 Å². The molecule has 6 nitrogen and oxygen atoms in total. The summed E-state index contributed by atoms with van der Waals surface area (Å²) in [6.45, 7) is 3.87. The SMILES string of the molecule is COc1cccc(CC2NC(=O)N(C3CC(C)OC3C)C2=O)c1. The monoisotopic (exact) mass is 318 g/mol. The van der Waals surface area contributed by atoms with E-state index < -0.39 is 6.04 Å². The van der Waals surface area contributed by atoms with Crippen molar-refractivity contribution in [2.45, 2.75) is 51.0 Å². The van der Waals surface area contributed by atoms with Gasteiger partial charge in [0.25, 0.3) is 5.91 Å². The van der Waals surface area contributed by atoms with Gasteiger partial charge in [0.1, 0.15) is 11.8 Å². The van der Waals surface area contributed by atoms with Crippen molar-refractivity contribution in [1.82, 2.24) is 10.2 Å². The van der Waals surface area contributed by atoms with Crippen molar-refractivity contribution >= 4 is 11.9 Å². The second kappa shape index (κ2) is 6.20. The lowest BCUT2D eigenvalue weighted by molar-refractivity contribution is -0.129. The minimum Gasteiger partial charge on any atom is -0.497 e. The van der Waals surface area contributed by atoms with E-state index in [1.54, 1.807) is 7.11 Å². The summed E-state index contributed by atoms with van der Waals surface area (Å²) in [6.07, 6.45) is 1.07.